The summed E-state index contributed by atoms with van der Waals surface area (Å²) in [5, 5.41) is 27.8. The Morgan fingerprint density at radius 3 is 2.39 bits per heavy atom. The van der Waals surface area contributed by atoms with Crippen molar-refractivity contribution in [3.8, 4) is 11.5 Å². The number of carboxylic acid groups (broad SMARTS) is 1. The average molecular weight is 250 g/mol. The minimum Gasteiger partial charge on any atom is -0.508 e. The maximum Gasteiger partial charge on any atom is 0.303 e. The predicted molar refractivity (Wildman–Crippen MR) is 66.7 cm³/mol. The quantitative estimate of drug-likeness (QED) is 0.770. The SMILES string of the molecule is O=C(O)CC1CCC(c2ccc(O)cc2O)CC1. The summed E-state index contributed by atoms with van der Waals surface area (Å²) in [6.07, 6.45) is 3.81. The summed E-state index contributed by atoms with van der Waals surface area (Å²) in [4.78, 5) is 10.6. The third kappa shape index (κ3) is 2.94. The van der Waals surface area contributed by atoms with Crippen LogP contribution in [0.5, 0.6) is 11.5 Å². The fraction of sp³-hybridized carbons (Fsp3) is 0.500. The van der Waals surface area contributed by atoms with Crippen LogP contribution < -0.4 is 0 Å². The Morgan fingerprint density at radius 1 is 1.17 bits per heavy atom. The molecule has 18 heavy (non-hydrogen) atoms. The van der Waals surface area contributed by atoms with E-state index < -0.39 is 5.97 Å². The van der Waals surface area contributed by atoms with Crippen molar-refractivity contribution in [2.45, 2.75) is 38.0 Å². The zero-order valence-electron chi connectivity index (χ0n) is 10.2. The van der Waals surface area contributed by atoms with Crippen molar-refractivity contribution in [3.63, 3.8) is 0 Å². The lowest BCUT2D eigenvalue weighted by molar-refractivity contribution is -0.138. The Morgan fingerprint density at radius 2 is 1.83 bits per heavy atom. The van der Waals surface area contributed by atoms with Crippen molar-refractivity contribution in [1.29, 1.82) is 0 Å². The second kappa shape index (κ2) is 5.29. The molecule has 2 rings (SSSR count). The van der Waals surface area contributed by atoms with Gasteiger partial charge in [0.2, 0.25) is 0 Å². The molecule has 1 aromatic rings. The molecular weight excluding hydrogens is 232 g/mol. The van der Waals surface area contributed by atoms with Crippen molar-refractivity contribution >= 4 is 5.97 Å². The van der Waals surface area contributed by atoms with Crippen LogP contribution in [0.25, 0.3) is 0 Å². The Kier molecular flexibility index (Phi) is 3.75. The van der Waals surface area contributed by atoms with Gasteiger partial charge in [-0.2, -0.15) is 0 Å². The van der Waals surface area contributed by atoms with Gasteiger partial charge in [0.05, 0.1) is 0 Å². The first-order valence-corrected chi connectivity index (χ1v) is 6.30. The van der Waals surface area contributed by atoms with Gasteiger partial charge in [-0.05, 0) is 49.1 Å². The lowest BCUT2D eigenvalue weighted by Gasteiger charge is -2.28. The highest BCUT2D eigenvalue weighted by Crippen LogP contribution is 2.40. The van der Waals surface area contributed by atoms with E-state index in [0.29, 0.717) is 0 Å². The number of phenolic OH excluding ortho intramolecular Hbond substituents is 2. The fourth-order valence-electron chi connectivity index (χ4n) is 2.80. The van der Waals surface area contributed by atoms with Crippen LogP contribution in [0.4, 0.5) is 0 Å². The van der Waals surface area contributed by atoms with Crippen LogP contribution in [0, 0.1) is 5.92 Å². The summed E-state index contributed by atoms with van der Waals surface area (Å²) in [6.45, 7) is 0. The maximum atomic E-state index is 10.6. The van der Waals surface area contributed by atoms with E-state index in [1.54, 1.807) is 12.1 Å². The van der Waals surface area contributed by atoms with Gasteiger partial charge in [0, 0.05) is 12.5 Å². The van der Waals surface area contributed by atoms with Crippen molar-refractivity contribution in [3.05, 3.63) is 23.8 Å². The van der Waals surface area contributed by atoms with E-state index in [2.05, 4.69) is 0 Å². The molecule has 0 aromatic heterocycles. The first-order valence-electron chi connectivity index (χ1n) is 6.30. The number of hydrogen-bond acceptors (Lipinski definition) is 3. The molecule has 0 amide bonds. The molecule has 1 aromatic carbocycles. The Hall–Kier alpha value is -1.71. The molecule has 0 radical (unpaired) electrons. The van der Waals surface area contributed by atoms with Crippen LogP contribution in [-0.2, 0) is 4.79 Å². The molecule has 0 atom stereocenters. The Labute approximate surface area is 106 Å². The van der Waals surface area contributed by atoms with E-state index in [0.717, 1.165) is 31.2 Å². The second-order valence-corrected chi connectivity index (χ2v) is 5.06. The number of aromatic hydroxyl groups is 2. The van der Waals surface area contributed by atoms with Gasteiger partial charge >= 0.3 is 5.97 Å². The summed E-state index contributed by atoms with van der Waals surface area (Å²) in [5.74, 6) is 0.00656. The number of carboxylic acids is 1. The highest BCUT2D eigenvalue weighted by molar-refractivity contribution is 5.67. The lowest BCUT2D eigenvalue weighted by Crippen LogP contribution is -2.16. The molecule has 0 unspecified atom stereocenters. The van der Waals surface area contributed by atoms with Crippen molar-refractivity contribution in [2.24, 2.45) is 5.92 Å². The van der Waals surface area contributed by atoms with E-state index in [-0.39, 0.29) is 29.8 Å². The number of aliphatic carboxylic acids is 1. The van der Waals surface area contributed by atoms with Crippen LogP contribution in [-0.4, -0.2) is 21.3 Å². The normalized spacial score (nSPS) is 23.8. The number of carbonyl (C=O) groups is 1. The fourth-order valence-corrected chi connectivity index (χ4v) is 2.80. The lowest BCUT2D eigenvalue weighted by atomic mass is 9.77. The highest BCUT2D eigenvalue weighted by Gasteiger charge is 2.25. The summed E-state index contributed by atoms with van der Waals surface area (Å²) in [6, 6.07) is 4.70. The molecule has 1 aliphatic rings. The first kappa shape index (κ1) is 12.7. The number of phenols is 2. The van der Waals surface area contributed by atoms with E-state index >= 15 is 0 Å². The van der Waals surface area contributed by atoms with Crippen LogP contribution in [0.1, 0.15) is 43.6 Å². The molecule has 0 spiro atoms. The van der Waals surface area contributed by atoms with Crippen molar-refractivity contribution in [2.75, 3.05) is 0 Å². The van der Waals surface area contributed by atoms with Gasteiger partial charge in [-0.15, -0.1) is 0 Å². The van der Waals surface area contributed by atoms with Gasteiger partial charge in [0.25, 0.3) is 0 Å². The molecule has 1 fully saturated rings. The zero-order valence-corrected chi connectivity index (χ0v) is 10.2. The second-order valence-electron chi connectivity index (χ2n) is 5.06. The number of benzene rings is 1. The van der Waals surface area contributed by atoms with Gasteiger partial charge in [-0.1, -0.05) is 6.07 Å². The van der Waals surface area contributed by atoms with E-state index in [1.807, 2.05) is 0 Å². The third-order valence-corrected chi connectivity index (χ3v) is 3.76. The topological polar surface area (TPSA) is 77.8 Å². The molecule has 4 heteroatoms. The molecule has 3 N–H and O–H groups in total. The standard InChI is InChI=1S/C14H18O4/c15-11-5-6-12(13(16)8-11)10-3-1-9(2-4-10)7-14(17)18/h5-6,8-10,15-16H,1-4,7H2,(H,17,18). The summed E-state index contributed by atoms with van der Waals surface area (Å²) in [5.41, 5.74) is 0.863. The van der Waals surface area contributed by atoms with Crippen molar-refractivity contribution in [1.82, 2.24) is 0 Å². The highest BCUT2D eigenvalue weighted by atomic mass is 16.4. The summed E-state index contributed by atoms with van der Waals surface area (Å²) < 4.78 is 0. The minimum atomic E-state index is -0.731. The molecule has 1 saturated carbocycles. The van der Waals surface area contributed by atoms with E-state index in [9.17, 15) is 15.0 Å². The predicted octanol–water partition coefficient (Wildman–Crippen LogP) is 2.85. The van der Waals surface area contributed by atoms with Gasteiger partial charge < -0.3 is 15.3 Å². The largest absolute Gasteiger partial charge is 0.508 e. The first-order chi connectivity index (χ1) is 8.56. The molecule has 0 saturated heterocycles. The van der Waals surface area contributed by atoms with Crippen molar-refractivity contribution < 1.29 is 20.1 Å². The molecule has 98 valence electrons. The molecular formula is C14H18O4. The molecule has 0 heterocycles. The smallest absolute Gasteiger partial charge is 0.303 e. The summed E-state index contributed by atoms with van der Waals surface area (Å²) >= 11 is 0. The Balaban J connectivity index is 1.99. The zero-order chi connectivity index (χ0) is 13.1. The van der Waals surface area contributed by atoms with Gasteiger partial charge in [0.1, 0.15) is 11.5 Å². The monoisotopic (exact) mass is 250 g/mol. The molecule has 0 bridgehead atoms. The minimum absolute atomic E-state index is 0.0656. The summed E-state index contributed by atoms with van der Waals surface area (Å²) in [7, 11) is 0. The third-order valence-electron chi connectivity index (χ3n) is 3.76. The average Bonchev–Trinajstić information content (AvgIpc) is 2.30. The number of rotatable bonds is 3. The molecule has 1 aliphatic carbocycles. The maximum absolute atomic E-state index is 10.6. The van der Waals surface area contributed by atoms with Crippen LogP contribution >= 0.6 is 0 Å². The van der Waals surface area contributed by atoms with E-state index in [4.69, 9.17) is 5.11 Å². The molecule has 0 aliphatic heterocycles. The number of hydrogen-bond donors (Lipinski definition) is 3. The van der Waals surface area contributed by atoms with Gasteiger partial charge in [-0.3, -0.25) is 4.79 Å². The van der Waals surface area contributed by atoms with E-state index in [1.165, 1.54) is 6.07 Å². The van der Waals surface area contributed by atoms with Crippen LogP contribution in [0.15, 0.2) is 18.2 Å². The van der Waals surface area contributed by atoms with Gasteiger partial charge in [-0.25, -0.2) is 0 Å². The van der Waals surface area contributed by atoms with Gasteiger partial charge in [0.15, 0.2) is 0 Å². The van der Waals surface area contributed by atoms with Crippen LogP contribution in [0.3, 0.4) is 0 Å². The van der Waals surface area contributed by atoms with Crippen LogP contribution in [0.2, 0.25) is 0 Å². The Bertz CT molecular complexity index is 433. The molecule has 4 nitrogen and oxygen atoms in total.